The van der Waals surface area contributed by atoms with E-state index in [1.165, 1.54) is 11.1 Å². The predicted molar refractivity (Wildman–Crippen MR) is 88.2 cm³/mol. The summed E-state index contributed by atoms with van der Waals surface area (Å²) in [5.74, 6) is 1.37. The van der Waals surface area contributed by atoms with Crippen LogP contribution in [-0.4, -0.2) is 40.4 Å². The molecule has 1 saturated heterocycles. The average molecular weight is 315 g/mol. The van der Waals surface area contributed by atoms with Gasteiger partial charge in [-0.1, -0.05) is 31.2 Å². The number of nitrogens with zero attached hydrogens (tertiary/aromatic N) is 3. The molecule has 2 heterocycles. The molecule has 23 heavy (non-hydrogen) atoms. The summed E-state index contributed by atoms with van der Waals surface area (Å²) >= 11 is 0. The van der Waals surface area contributed by atoms with Crippen LogP contribution in [0.15, 0.2) is 28.7 Å². The zero-order chi connectivity index (χ0) is 16.3. The number of rotatable bonds is 5. The molecule has 1 aliphatic rings. The van der Waals surface area contributed by atoms with E-state index in [1.807, 2.05) is 12.1 Å². The summed E-state index contributed by atoms with van der Waals surface area (Å²) in [5, 5.41) is 8.41. The summed E-state index contributed by atoms with van der Waals surface area (Å²) in [4.78, 5) is 2.33. The summed E-state index contributed by atoms with van der Waals surface area (Å²) in [6.07, 6.45) is 1.70. The summed E-state index contributed by atoms with van der Waals surface area (Å²) in [6.45, 7) is 9.69. The summed E-state index contributed by atoms with van der Waals surface area (Å²) in [7, 11) is 0. The summed E-state index contributed by atoms with van der Waals surface area (Å²) in [5.41, 5.74) is 2.41. The first-order valence-corrected chi connectivity index (χ1v) is 8.30. The highest BCUT2D eigenvalue weighted by Crippen LogP contribution is 2.22. The zero-order valence-corrected chi connectivity index (χ0v) is 14.2. The van der Waals surface area contributed by atoms with Crippen molar-refractivity contribution in [1.29, 1.82) is 0 Å². The van der Waals surface area contributed by atoms with Gasteiger partial charge in [-0.2, -0.15) is 0 Å². The van der Waals surface area contributed by atoms with Crippen LogP contribution in [0.25, 0.3) is 0 Å². The number of aryl methyl sites for hydroxylation is 1. The lowest BCUT2D eigenvalue weighted by Gasteiger charge is -2.39. The molecule has 0 bridgehead atoms. The van der Waals surface area contributed by atoms with Crippen molar-refractivity contribution in [3.63, 3.8) is 0 Å². The molecular formula is C18H25N3O2. The van der Waals surface area contributed by atoms with Gasteiger partial charge in [-0.15, -0.1) is 10.2 Å². The topological polar surface area (TPSA) is 51.4 Å². The second-order valence-corrected chi connectivity index (χ2v) is 6.56. The number of ether oxygens (including phenoxy) is 1. The maximum atomic E-state index is 5.87. The van der Waals surface area contributed by atoms with Crippen molar-refractivity contribution in [3.05, 3.63) is 47.2 Å². The Morgan fingerprint density at radius 1 is 1.22 bits per heavy atom. The Kier molecular flexibility index (Phi) is 4.78. The van der Waals surface area contributed by atoms with Crippen LogP contribution in [0.1, 0.15) is 43.2 Å². The van der Waals surface area contributed by atoms with Crippen LogP contribution in [0.3, 0.4) is 0 Å². The largest absolute Gasteiger partial charge is 0.424 e. The third kappa shape index (κ3) is 3.98. The van der Waals surface area contributed by atoms with E-state index < -0.39 is 0 Å². The first kappa shape index (κ1) is 16.1. The normalized spacial score (nSPS) is 22.4. The minimum absolute atomic E-state index is 0.0672. The number of morpholine rings is 1. The Balaban J connectivity index is 1.62. The smallest absolute Gasteiger partial charge is 0.230 e. The molecule has 1 aromatic heterocycles. The van der Waals surface area contributed by atoms with Gasteiger partial charge < -0.3 is 9.15 Å². The maximum absolute atomic E-state index is 5.87. The molecule has 5 heteroatoms. The van der Waals surface area contributed by atoms with Gasteiger partial charge in [0.2, 0.25) is 11.8 Å². The van der Waals surface area contributed by atoms with Gasteiger partial charge in [0.05, 0.1) is 25.2 Å². The van der Waals surface area contributed by atoms with E-state index in [0.717, 1.165) is 26.1 Å². The molecule has 2 aromatic rings. The Labute approximate surface area is 137 Å². The predicted octanol–water partition coefficient (Wildman–Crippen LogP) is 2.97. The number of hydrogen-bond donors (Lipinski definition) is 0. The van der Waals surface area contributed by atoms with Crippen molar-refractivity contribution < 1.29 is 9.15 Å². The monoisotopic (exact) mass is 315 g/mol. The maximum Gasteiger partial charge on any atom is 0.230 e. The first-order chi connectivity index (χ1) is 11.1. The number of aromatic nitrogens is 2. The molecule has 0 N–H and O–H groups in total. The van der Waals surface area contributed by atoms with Crippen molar-refractivity contribution in [2.75, 3.05) is 19.7 Å². The molecule has 1 aromatic carbocycles. The molecule has 1 atom stereocenters. The lowest BCUT2D eigenvalue weighted by molar-refractivity contribution is -0.103. The number of benzene rings is 1. The van der Waals surface area contributed by atoms with Gasteiger partial charge in [0.25, 0.3) is 0 Å². The van der Waals surface area contributed by atoms with Gasteiger partial charge >= 0.3 is 0 Å². The highest BCUT2D eigenvalue weighted by molar-refractivity contribution is 5.27. The van der Waals surface area contributed by atoms with E-state index in [1.54, 1.807) is 0 Å². The molecular weight excluding hydrogens is 290 g/mol. The minimum Gasteiger partial charge on any atom is -0.424 e. The van der Waals surface area contributed by atoms with Crippen molar-refractivity contribution in [3.8, 4) is 0 Å². The first-order valence-electron chi connectivity index (χ1n) is 8.30. The van der Waals surface area contributed by atoms with E-state index in [0.29, 0.717) is 24.7 Å². The van der Waals surface area contributed by atoms with Gasteiger partial charge in [0.15, 0.2) is 0 Å². The van der Waals surface area contributed by atoms with Gasteiger partial charge in [-0.25, -0.2) is 0 Å². The standard InChI is InChI=1S/C18H25N3O2/c1-4-18(3)13-21(9-10-22-18)12-17-20-19-16(23-17)11-15-8-6-5-7-14(15)2/h5-8H,4,9-13H2,1-3H3/t18-/m0/s1. The lowest BCUT2D eigenvalue weighted by atomic mass is 10.0. The van der Waals surface area contributed by atoms with Gasteiger partial charge in [0, 0.05) is 13.1 Å². The van der Waals surface area contributed by atoms with Crippen LogP contribution in [0, 0.1) is 6.92 Å². The van der Waals surface area contributed by atoms with E-state index in [2.05, 4.69) is 48.0 Å². The van der Waals surface area contributed by atoms with Crippen LogP contribution in [0.2, 0.25) is 0 Å². The van der Waals surface area contributed by atoms with E-state index in [-0.39, 0.29) is 5.60 Å². The quantitative estimate of drug-likeness (QED) is 0.849. The Bertz CT molecular complexity index is 655. The molecule has 1 aliphatic heterocycles. The van der Waals surface area contributed by atoms with Crippen LogP contribution in [0.4, 0.5) is 0 Å². The Morgan fingerprint density at radius 3 is 2.78 bits per heavy atom. The van der Waals surface area contributed by atoms with Crippen molar-refractivity contribution in [2.45, 2.75) is 45.8 Å². The molecule has 0 saturated carbocycles. The van der Waals surface area contributed by atoms with E-state index in [4.69, 9.17) is 9.15 Å². The van der Waals surface area contributed by atoms with E-state index in [9.17, 15) is 0 Å². The molecule has 124 valence electrons. The Hall–Kier alpha value is -1.72. The van der Waals surface area contributed by atoms with Crippen LogP contribution in [0.5, 0.6) is 0 Å². The average Bonchev–Trinajstić information content (AvgIpc) is 2.97. The van der Waals surface area contributed by atoms with Crippen molar-refractivity contribution in [1.82, 2.24) is 15.1 Å². The highest BCUT2D eigenvalue weighted by atomic mass is 16.5. The van der Waals surface area contributed by atoms with Crippen molar-refractivity contribution in [2.24, 2.45) is 0 Å². The third-order valence-corrected chi connectivity index (χ3v) is 4.63. The SMILES string of the molecule is CC[C@@]1(C)CN(Cc2nnc(Cc3ccccc3C)o2)CCO1. The van der Waals surface area contributed by atoms with Crippen LogP contribution in [-0.2, 0) is 17.7 Å². The second kappa shape index (κ2) is 6.81. The van der Waals surface area contributed by atoms with E-state index >= 15 is 0 Å². The van der Waals surface area contributed by atoms with Gasteiger partial charge in [0.1, 0.15) is 0 Å². The second-order valence-electron chi connectivity index (χ2n) is 6.56. The van der Waals surface area contributed by atoms with Gasteiger partial charge in [-0.3, -0.25) is 4.90 Å². The molecule has 1 fully saturated rings. The van der Waals surface area contributed by atoms with Crippen LogP contribution < -0.4 is 0 Å². The van der Waals surface area contributed by atoms with Crippen LogP contribution >= 0.6 is 0 Å². The fourth-order valence-corrected chi connectivity index (χ4v) is 2.95. The fourth-order valence-electron chi connectivity index (χ4n) is 2.95. The molecule has 0 unspecified atom stereocenters. The molecule has 0 amide bonds. The fraction of sp³-hybridized carbons (Fsp3) is 0.556. The molecule has 0 aliphatic carbocycles. The molecule has 3 rings (SSSR count). The number of hydrogen-bond acceptors (Lipinski definition) is 5. The minimum atomic E-state index is -0.0672. The highest BCUT2D eigenvalue weighted by Gasteiger charge is 2.30. The zero-order valence-electron chi connectivity index (χ0n) is 14.2. The third-order valence-electron chi connectivity index (χ3n) is 4.63. The molecule has 0 radical (unpaired) electrons. The van der Waals surface area contributed by atoms with Crippen molar-refractivity contribution >= 4 is 0 Å². The Morgan fingerprint density at radius 2 is 2.00 bits per heavy atom. The van der Waals surface area contributed by atoms with Gasteiger partial charge in [-0.05, 0) is 31.4 Å². The molecule has 5 nitrogen and oxygen atoms in total. The summed E-state index contributed by atoms with van der Waals surface area (Å²) < 4.78 is 11.7. The lowest BCUT2D eigenvalue weighted by Crippen LogP contribution is -2.49. The molecule has 0 spiro atoms. The summed E-state index contributed by atoms with van der Waals surface area (Å²) in [6, 6.07) is 8.29.